The number of likely N-dealkylation sites (N-methyl/N-ethyl adjacent to an activating group) is 1. The van der Waals surface area contributed by atoms with Gasteiger partial charge in [-0.2, -0.15) is 0 Å². The number of fused-ring (bicyclic) bond motifs is 1. The highest BCUT2D eigenvalue weighted by Gasteiger charge is 2.27. The van der Waals surface area contributed by atoms with E-state index < -0.39 is 4.92 Å². The topological polar surface area (TPSA) is 75.5 Å². The fraction of sp³-hybridized carbons (Fsp3) is 0.316. The second-order valence-corrected chi connectivity index (χ2v) is 6.32. The number of nitro benzene ring substituents is 1. The SMILES string of the molecule is CNC(=O)c1ccc(N(C)C2CCc3ccccc3C2)c([N+](=O)[O-])c1. The first-order valence-corrected chi connectivity index (χ1v) is 8.31. The van der Waals surface area contributed by atoms with Gasteiger partial charge >= 0.3 is 0 Å². The van der Waals surface area contributed by atoms with Crippen molar-refractivity contribution in [3.8, 4) is 0 Å². The molecule has 0 spiro atoms. The fourth-order valence-corrected chi connectivity index (χ4v) is 3.46. The molecule has 1 aliphatic rings. The summed E-state index contributed by atoms with van der Waals surface area (Å²) < 4.78 is 0. The summed E-state index contributed by atoms with van der Waals surface area (Å²) in [5, 5.41) is 14.0. The predicted molar refractivity (Wildman–Crippen MR) is 97.1 cm³/mol. The number of aryl methyl sites for hydroxylation is 1. The minimum absolute atomic E-state index is 0.0394. The summed E-state index contributed by atoms with van der Waals surface area (Å²) in [6.45, 7) is 0. The molecule has 0 bridgehead atoms. The minimum Gasteiger partial charge on any atom is -0.366 e. The van der Waals surface area contributed by atoms with Crippen molar-refractivity contribution in [3.63, 3.8) is 0 Å². The summed E-state index contributed by atoms with van der Waals surface area (Å²) in [6.07, 6.45) is 2.78. The smallest absolute Gasteiger partial charge is 0.293 e. The van der Waals surface area contributed by atoms with Crippen LogP contribution in [0.2, 0.25) is 0 Å². The van der Waals surface area contributed by atoms with Crippen LogP contribution >= 0.6 is 0 Å². The number of rotatable bonds is 4. The zero-order valence-corrected chi connectivity index (χ0v) is 14.4. The third kappa shape index (κ3) is 3.33. The average molecular weight is 339 g/mol. The van der Waals surface area contributed by atoms with E-state index in [-0.39, 0.29) is 17.6 Å². The van der Waals surface area contributed by atoms with E-state index in [4.69, 9.17) is 0 Å². The highest BCUT2D eigenvalue weighted by Crippen LogP contribution is 2.33. The van der Waals surface area contributed by atoms with Gasteiger partial charge in [0.05, 0.1) is 4.92 Å². The highest BCUT2D eigenvalue weighted by atomic mass is 16.6. The van der Waals surface area contributed by atoms with Gasteiger partial charge in [0.2, 0.25) is 0 Å². The number of nitrogens with zero attached hydrogens (tertiary/aromatic N) is 2. The number of nitro groups is 1. The second kappa shape index (κ2) is 6.93. The van der Waals surface area contributed by atoms with Gasteiger partial charge in [-0.25, -0.2) is 0 Å². The Balaban J connectivity index is 1.91. The van der Waals surface area contributed by atoms with Gasteiger partial charge in [-0.3, -0.25) is 14.9 Å². The summed E-state index contributed by atoms with van der Waals surface area (Å²) in [7, 11) is 3.40. The van der Waals surface area contributed by atoms with Crippen molar-refractivity contribution in [1.29, 1.82) is 0 Å². The van der Waals surface area contributed by atoms with Gasteiger partial charge in [0.1, 0.15) is 5.69 Å². The van der Waals surface area contributed by atoms with Gasteiger partial charge in [0.25, 0.3) is 11.6 Å². The standard InChI is InChI=1S/C19H21N3O3/c1-20-19(23)15-8-10-17(18(12-15)22(24)25)21(2)16-9-7-13-5-3-4-6-14(13)11-16/h3-6,8,10,12,16H,7,9,11H2,1-2H3,(H,20,23). The van der Waals surface area contributed by atoms with Gasteiger partial charge in [0, 0.05) is 31.8 Å². The maximum absolute atomic E-state index is 11.8. The van der Waals surface area contributed by atoms with Gasteiger partial charge in [-0.15, -0.1) is 0 Å². The van der Waals surface area contributed by atoms with Gasteiger partial charge < -0.3 is 10.2 Å². The van der Waals surface area contributed by atoms with Crippen LogP contribution in [0.1, 0.15) is 27.9 Å². The van der Waals surface area contributed by atoms with E-state index in [1.165, 1.54) is 24.2 Å². The Kier molecular flexibility index (Phi) is 4.70. The molecule has 1 N–H and O–H groups in total. The highest BCUT2D eigenvalue weighted by molar-refractivity contribution is 5.95. The van der Waals surface area contributed by atoms with E-state index >= 15 is 0 Å². The molecule has 0 saturated heterocycles. The molecule has 0 radical (unpaired) electrons. The third-order valence-corrected chi connectivity index (χ3v) is 4.91. The Hall–Kier alpha value is -2.89. The van der Waals surface area contributed by atoms with Crippen LogP contribution in [0, 0.1) is 10.1 Å². The van der Waals surface area contributed by atoms with E-state index in [0.29, 0.717) is 11.3 Å². The molecule has 2 aromatic carbocycles. The Bertz CT molecular complexity index is 819. The number of hydrogen-bond acceptors (Lipinski definition) is 4. The van der Waals surface area contributed by atoms with Crippen molar-refractivity contribution in [2.75, 3.05) is 19.0 Å². The van der Waals surface area contributed by atoms with Crippen molar-refractivity contribution >= 4 is 17.3 Å². The molecule has 0 aromatic heterocycles. The Morgan fingerprint density at radius 3 is 2.64 bits per heavy atom. The van der Waals surface area contributed by atoms with Crippen LogP contribution in [0.15, 0.2) is 42.5 Å². The van der Waals surface area contributed by atoms with Gasteiger partial charge in [-0.05, 0) is 42.5 Å². The quantitative estimate of drug-likeness (QED) is 0.686. The van der Waals surface area contributed by atoms with Crippen LogP contribution in [0.3, 0.4) is 0 Å². The van der Waals surface area contributed by atoms with Crippen molar-refractivity contribution in [2.45, 2.75) is 25.3 Å². The Morgan fingerprint density at radius 1 is 1.24 bits per heavy atom. The first-order valence-electron chi connectivity index (χ1n) is 8.31. The Morgan fingerprint density at radius 2 is 1.96 bits per heavy atom. The van der Waals surface area contributed by atoms with E-state index in [0.717, 1.165) is 19.3 Å². The number of amides is 1. The van der Waals surface area contributed by atoms with Crippen LogP contribution in [-0.4, -0.2) is 31.0 Å². The first kappa shape index (κ1) is 17.0. The summed E-state index contributed by atoms with van der Waals surface area (Å²) in [5.74, 6) is -0.330. The molecule has 0 heterocycles. The maximum atomic E-state index is 11.8. The molecule has 2 aromatic rings. The summed E-state index contributed by atoms with van der Waals surface area (Å²) >= 11 is 0. The summed E-state index contributed by atoms with van der Waals surface area (Å²) in [4.78, 5) is 24.8. The molecule has 0 fully saturated rings. The molecule has 0 saturated carbocycles. The molecule has 3 rings (SSSR count). The number of anilines is 1. The minimum atomic E-state index is -0.422. The molecular weight excluding hydrogens is 318 g/mol. The van der Waals surface area contributed by atoms with Gasteiger partial charge in [0.15, 0.2) is 0 Å². The lowest BCUT2D eigenvalue weighted by Crippen LogP contribution is -2.37. The molecule has 25 heavy (non-hydrogen) atoms. The largest absolute Gasteiger partial charge is 0.366 e. The molecule has 130 valence electrons. The number of hydrogen-bond donors (Lipinski definition) is 1. The van der Waals surface area contributed by atoms with E-state index in [1.54, 1.807) is 12.1 Å². The van der Waals surface area contributed by atoms with Crippen LogP contribution in [-0.2, 0) is 12.8 Å². The molecular formula is C19H21N3O3. The van der Waals surface area contributed by atoms with Crippen molar-refractivity contribution in [3.05, 3.63) is 69.3 Å². The van der Waals surface area contributed by atoms with E-state index in [9.17, 15) is 14.9 Å². The van der Waals surface area contributed by atoms with Gasteiger partial charge in [-0.1, -0.05) is 24.3 Å². The summed E-state index contributed by atoms with van der Waals surface area (Å²) in [5.41, 5.74) is 3.46. The van der Waals surface area contributed by atoms with Crippen LogP contribution in [0.4, 0.5) is 11.4 Å². The average Bonchev–Trinajstić information content (AvgIpc) is 2.65. The lowest BCUT2D eigenvalue weighted by atomic mass is 9.87. The van der Waals surface area contributed by atoms with E-state index in [1.807, 2.05) is 24.1 Å². The fourth-order valence-electron chi connectivity index (χ4n) is 3.46. The van der Waals surface area contributed by atoms with Crippen LogP contribution in [0.5, 0.6) is 0 Å². The second-order valence-electron chi connectivity index (χ2n) is 6.32. The lowest BCUT2D eigenvalue weighted by molar-refractivity contribution is -0.384. The molecule has 1 atom stereocenters. The summed E-state index contributed by atoms with van der Waals surface area (Å²) in [6, 6.07) is 13.2. The number of carbonyl (C=O) groups excluding carboxylic acids is 1. The molecule has 1 amide bonds. The monoisotopic (exact) mass is 339 g/mol. The normalized spacial score (nSPS) is 16.0. The predicted octanol–water partition coefficient (Wildman–Crippen LogP) is 2.95. The molecule has 1 unspecified atom stereocenters. The van der Waals surface area contributed by atoms with Crippen LogP contribution < -0.4 is 10.2 Å². The third-order valence-electron chi connectivity index (χ3n) is 4.91. The zero-order chi connectivity index (χ0) is 18.0. The van der Waals surface area contributed by atoms with Crippen molar-refractivity contribution < 1.29 is 9.72 Å². The molecule has 1 aliphatic carbocycles. The molecule has 6 nitrogen and oxygen atoms in total. The lowest BCUT2D eigenvalue weighted by Gasteiger charge is -2.33. The maximum Gasteiger partial charge on any atom is 0.293 e. The first-order chi connectivity index (χ1) is 12.0. The van der Waals surface area contributed by atoms with Crippen LogP contribution in [0.25, 0.3) is 0 Å². The molecule has 0 aliphatic heterocycles. The number of carbonyl (C=O) groups is 1. The number of nitrogens with one attached hydrogen (secondary N) is 1. The van der Waals surface area contributed by atoms with E-state index in [2.05, 4.69) is 17.4 Å². The zero-order valence-electron chi connectivity index (χ0n) is 14.4. The van der Waals surface area contributed by atoms with Crippen molar-refractivity contribution in [1.82, 2.24) is 5.32 Å². The Labute approximate surface area is 146 Å². The number of benzene rings is 2. The molecule has 6 heteroatoms. The van der Waals surface area contributed by atoms with Crippen molar-refractivity contribution in [2.24, 2.45) is 0 Å².